The van der Waals surface area contributed by atoms with Gasteiger partial charge in [-0.15, -0.1) is 0 Å². The van der Waals surface area contributed by atoms with E-state index in [1.165, 1.54) is 0 Å². The summed E-state index contributed by atoms with van der Waals surface area (Å²) < 4.78 is 0. The molecular weight excluding hydrogens is 288 g/mol. The van der Waals surface area contributed by atoms with Gasteiger partial charge in [0.05, 0.1) is 5.60 Å². The second-order valence-corrected chi connectivity index (χ2v) is 9.35. The van der Waals surface area contributed by atoms with Gasteiger partial charge in [0.1, 0.15) is 0 Å². The molecule has 0 aromatic heterocycles. The van der Waals surface area contributed by atoms with Gasteiger partial charge in [-0.1, -0.05) is 13.8 Å². The third kappa shape index (κ3) is 1.83. The molecule has 0 radical (unpaired) electrons. The van der Waals surface area contributed by atoms with Gasteiger partial charge >= 0.3 is 0 Å². The van der Waals surface area contributed by atoms with Gasteiger partial charge in [-0.3, -0.25) is 4.79 Å². The minimum atomic E-state index is -0.537. The number of aliphatic hydroxyl groups is 2. The average molecular weight is 318 g/mol. The Hall–Kier alpha value is -0.830. The summed E-state index contributed by atoms with van der Waals surface area (Å²) in [5.41, 5.74) is 0.544. The van der Waals surface area contributed by atoms with E-state index in [9.17, 15) is 15.0 Å². The number of Topliss-reactive ketones (excluding diaryl/α,β-unsaturated/α-hetero) is 1. The Kier molecular flexibility index (Phi) is 3.15. The standard InChI is InChI=1S/C20H30O3/c1-18-9-8-16(21)17(22)15(18)5-4-12-13(18)6-10-19(2)14(12)7-11-20(19,3)23/h12-14,22-23H,4-11H2,1-3H3/t12-,13+,14+,18-,19-,20-/m0/s1. The lowest BCUT2D eigenvalue weighted by molar-refractivity contribution is -0.127. The van der Waals surface area contributed by atoms with Crippen molar-refractivity contribution in [3.63, 3.8) is 0 Å². The molecule has 0 saturated heterocycles. The number of hydrogen-bond acceptors (Lipinski definition) is 3. The zero-order chi connectivity index (χ0) is 16.6. The van der Waals surface area contributed by atoms with Crippen molar-refractivity contribution in [2.24, 2.45) is 28.6 Å². The summed E-state index contributed by atoms with van der Waals surface area (Å²) in [6, 6.07) is 0. The number of rotatable bonds is 0. The molecule has 0 aromatic rings. The zero-order valence-corrected chi connectivity index (χ0v) is 14.7. The number of fused-ring (bicyclic) bond motifs is 5. The lowest BCUT2D eigenvalue weighted by Gasteiger charge is -2.58. The van der Waals surface area contributed by atoms with Gasteiger partial charge in [0.25, 0.3) is 0 Å². The predicted molar refractivity (Wildman–Crippen MR) is 88.9 cm³/mol. The topological polar surface area (TPSA) is 57.5 Å². The predicted octanol–water partition coefficient (Wildman–Crippen LogP) is 4.16. The number of carbonyl (C=O) groups is 1. The van der Waals surface area contributed by atoms with Crippen molar-refractivity contribution in [2.45, 2.75) is 77.7 Å². The smallest absolute Gasteiger partial charge is 0.197 e. The molecule has 4 aliphatic rings. The van der Waals surface area contributed by atoms with E-state index in [-0.39, 0.29) is 22.4 Å². The number of carbonyl (C=O) groups excluding carboxylic acids is 1. The maximum atomic E-state index is 11.9. The Balaban J connectivity index is 1.72. The van der Waals surface area contributed by atoms with Crippen LogP contribution in [0.3, 0.4) is 0 Å². The molecule has 3 nitrogen and oxygen atoms in total. The van der Waals surface area contributed by atoms with Crippen molar-refractivity contribution in [2.75, 3.05) is 0 Å². The van der Waals surface area contributed by atoms with Gasteiger partial charge in [-0.05, 0) is 86.0 Å². The van der Waals surface area contributed by atoms with Crippen LogP contribution in [0.15, 0.2) is 11.3 Å². The summed E-state index contributed by atoms with van der Waals surface area (Å²) in [5, 5.41) is 21.3. The van der Waals surface area contributed by atoms with Gasteiger partial charge < -0.3 is 10.2 Å². The number of hydrogen-bond donors (Lipinski definition) is 2. The van der Waals surface area contributed by atoms with Crippen LogP contribution >= 0.6 is 0 Å². The number of ketones is 1. The minimum absolute atomic E-state index is 0.00329. The van der Waals surface area contributed by atoms with Crippen LogP contribution in [0.1, 0.15) is 72.1 Å². The van der Waals surface area contributed by atoms with Crippen LogP contribution in [0.2, 0.25) is 0 Å². The van der Waals surface area contributed by atoms with Crippen molar-refractivity contribution in [3.05, 3.63) is 11.3 Å². The maximum absolute atomic E-state index is 11.9. The molecule has 0 aromatic carbocycles. The molecule has 0 unspecified atom stereocenters. The number of allylic oxidation sites excluding steroid dienone is 1. The van der Waals surface area contributed by atoms with E-state index >= 15 is 0 Å². The number of aliphatic hydroxyl groups excluding tert-OH is 1. The summed E-state index contributed by atoms with van der Waals surface area (Å²) in [6.07, 6.45) is 7.57. The molecule has 3 saturated carbocycles. The van der Waals surface area contributed by atoms with Crippen molar-refractivity contribution < 1.29 is 15.0 Å². The fourth-order valence-electron chi connectivity index (χ4n) is 6.93. The third-order valence-corrected chi connectivity index (χ3v) is 8.66. The van der Waals surface area contributed by atoms with Crippen LogP contribution in [0.25, 0.3) is 0 Å². The summed E-state index contributed by atoms with van der Waals surface area (Å²) >= 11 is 0. The first-order valence-electron chi connectivity index (χ1n) is 9.39. The Labute approximate surface area is 139 Å². The van der Waals surface area contributed by atoms with Gasteiger partial charge in [-0.2, -0.15) is 0 Å². The first-order chi connectivity index (χ1) is 10.7. The van der Waals surface area contributed by atoms with Crippen LogP contribution in [0.5, 0.6) is 0 Å². The van der Waals surface area contributed by atoms with Crippen LogP contribution in [0.4, 0.5) is 0 Å². The molecule has 0 spiro atoms. The molecule has 0 aliphatic heterocycles. The molecule has 23 heavy (non-hydrogen) atoms. The molecule has 3 fully saturated rings. The van der Waals surface area contributed by atoms with Crippen molar-refractivity contribution in [1.82, 2.24) is 0 Å². The maximum Gasteiger partial charge on any atom is 0.197 e. The molecule has 4 aliphatic carbocycles. The Bertz CT molecular complexity index is 590. The van der Waals surface area contributed by atoms with Gasteiger partial charge in [-0.25, -0.2) is 0 Å². The highest BCUT2D eigenvalue weighted by atomic mass is 16.3. The summed E-state index contributed by atoms with van der Waals surface area (Å²) in [4.78, 5) is 11.9. The highest BCUT2D eigenvalue weighted by Gasteiger charge is 2.62. The quantitative estimate of drug-likeness (QED) is 0.705. The van der Waals surface area contributed by atoms with Crippen molar-refractivity contribution in [3.8, 4) is 0 Å². The lowest BCUT2D eigenvalue weighted by Crippen LogP contribution is -2.54. The summed E-state index contributed by atoms with van der Waals surface area (Å²) in [5.74, 6) is 1.82. The summed E-state index contributed by atoms with van der Waals surface area (Å²) in [6.45, 7) is 6.63. The van der Waals surface area contributed by atoms with Crippen LogP contribution < -0.4 is 0 Å². The van der Waals surface area contributed by atoms with Crippen LogP contribution in [-0.4, -0.2) is 21.6 Å². The third-order valence-electron chi connectivity index (χ3n) is 8.66. The second-order valence-electron chi connectivity index (χ2n) is 9.35. The van der Waals surface area contributed by atoms with E-state index in [4.69, 9.17) is 0 Å². The molecule has 0 bridgehead atoms. The first kappa shape index (κ1) is 15.7. The minimum Gasteiger partial charge on any atom is -0.504 e. The van der Waals surface area contributed by atoms with Gasteiger partial charge in [0.2, 0.25) is 0 Å². The lowest BCUT2D eigenvalue weighted by atomic mass is 9.46. The van der Waals surface area contributed by atoms with Crippen LogP contribution in [-0.2, 0) is 4.79 Å². The molecule has 0 heterocycles. The monoisotopic (exact) mass is 318 g/mol. The second kappa shape index (κ2) is 4.62. The fourth-order valence-corrected chi connectivity index (χ4v) is 6.93. The van der Waals surface area contributed by atoms with Crippen LogP contribution in [0, 0.1) is 28.6 Å². The van der Waals surface area contributed by atoms with Gasteiger partial charge in [0, 0.05) is 6.42 Å². The molecule has 4 rings (SSSR count). The highest BCUT2D eigenvalue weighted by Crippen LogP contribution is 2.67. The van der Waals surface area contributed by atoms with Crippen molar-refractivity contribution >= 4 is 5.78 Å². The largest absolute Gasteiger partial charge is 0.504 e. The van der Waals surface area contributed by atoms with E-state index in [0.717, 1.165) is 50.5 Å². The van der Waals surface area contributed by atoms with E-state index in [1.54, 1.807) is 0 Å². The van der Waals surface area contributed by atoms with Gasteiger partial charge in [0.15, 0.2) is 11.5 Å². The van der Waals surface area contributed by atoms with E-state index < -0.39 is 5.60 Å². The zero-order valence-electron chi connectivity index (χ0n) is 14.7. The van der Waals surface area contributed by atoms with E-state index in [2.05, 4.69) is 13.8 Å². The molecule has 128 valence electrons. The molecule has 6 atom stereocenters. The normalized spacial score (nSPS) is 52.9. The average Bonchev–Trinajstić information content (AvgIpc) is 2.74. The molecule has 0 amide bonds. The first-order valence-corrected chi connectivity index (χ1v) is 9.39. The van der Waals surface area contributed by atoms with Crippen molar-refractivity contribution in [1.29, 1.82) is 0 Å². The molecule has 2 N–H and O–H groups in total. The van der Waals surface area contributed by atoms with E-state index in [0.29, 0.717) is 24.2 Å². The van der Waals surface area contributed by atoms with E-state index in [1.807, 2.05) is 6.92 Å². The highest BCUT2D eigenvalue weighted by molar-refractivity contribution is 5.95. The molecular formula is C20H30O3. The Morgan fingerprint density at radius 2 is 1.65 bits per heavy atom. The Morgan fingerprint density at radius 1 is 0.957 bits per heavy atom. The summed E-state index contributed by atoms with van der Waals surface area (Å²) in [7, 11) is 0. The molecule has 3 heteroatoms. The fraction of sp³-hybridized carbons (Fsp3) is 0.850. The Morgan fingerprint density at radius 3 is 2.39 bits per heavy atom. The SMILES string of the molecule is C[C@]1(O)CC[C@@H]2[C@H]3CCC4=C(O)C(=O)CC[C@@]4(C)[C@@H]3CC[C@@]21C.